The van der Waals surface area contributed by atoms with E-state index in [1.165, 1.54) is 11.3 Å². The van der Waals surface area contributed by atoms with Crippen LogP contribution in [0.3, 0.4) is 0 Å². The lowest BCUT2D eigenvalue weighted by Gasteiger charge is -2.14. The molecule has 2 amide bonds. The van der Waals surface area contributed by atoms with Crippen molar-refractivity contribution in [2.24, 2.45) is 0 Å². The van der Waals surface area contributed by atoms with E-state index < -0.39 is 11.8 Å². The lowest BCUT2D eigenvalue weighted by molar-refractivity contribution is -0.123. The third-order valence-electron chi connectivity index (χ3n) is 3.87. The molecule has 0 radical (unpaired) electrons. The van der Waals surface area contributed by atoms with E-state index in [9.17, 15) is 9.59 Å². The first-order valence-corrected chi connectivity index (χ1v) is 11.0. The Morgan fingerprint density at radius 3 is 2.76 bits per heavy atom. The molecule has 10 heteroatoms. The van der Waals surface area contributed by atoms with Gasteiger partial charge in [-0.2, -0.15) is 5.01 Å². The topological polar surface area (TPSA) is 62.6 Å². The fourth-order valence-corrected chi connectivity index (χ4v) is 4.69. The van der Waals surface area contributed by atoms with Gasteiger partial charge in [0.05, 0.1) is 19.8 Å². The van der Waals surface area contributed by atoms with Gasteiger partial charge in [0, 0.05) is 11.6 Å². The Morgan fingerprint density at radius 2 is 2.00 bits per heavy atom. The van der Waals surface area contributed by atoms with E-state index in [2.05, 4.69) is 5.43 Å². The Morgan fingerprint density at radius 1 is 1.17 bits per heavy atom. The molecule has 3 heterocycles. The van der Waals surface area contributed by atoms with Crippen LogP contribution in [0, 0.1) is 0 Å². The van der Waals surface area contributed by atoms with Crippen LogP contribution in [0.4, 0.5) is 0 Å². The number of carbonyl (C=O) groups excluding carboxylic acids is 2. The van der Waals surface area contributed by atoms with Crippen molar-refractivity contribution in [2.45, 2.75) is 0 Å². The average Bonchev–Trinajstić information content (AvgIpc) is 3.43. The summed E-state index contributed by atoms with van der Waals surface area (Å²) >= 11 is 19.9. The Labute approximate surface area is 189 Å². The summed E-state index contributed by atoms with van der Waals surface area (Å²) in [4.78, 5) is 25.7. The van der Waals surface area contributed by atoms with Crippen molar-refractivity contribution in [3.63, 3.8) is 0 Å². The van der Waals surface area contributed by atoms with Gasteiger partial charge in [0.25, 0.3) is 11.8 Å². The minimum Gasteiger partial charge on any atom is -0.457 e. The Bertz CT molecular complexity index is 1160. The molecule has 0 spiro atoms. The number of hydrogen-bond acceptors (Lipinski definition) is 6. The zero-order valence-corrected chi connectivity index (χ0v) is 18.3. The Balaban J connectivity index is 1.54. The lowest BCUT2D eigenvalue weighted by atomic mass is 10.2. The summed E-state index contributed by atoms with van der Waals surface area (Å²) in [5, 5.41) is 3.65. The first kappa shape index (κ1) is 20.2. The molecule has 146 valence electrons. The molecule has 5 nitrogen and oxygen atoms in total. The predicted octanol–water partition coefficient (Wildman–Crippen LogP) is 5.86. The van der Waals surface area contributed by atoms with Crippen molar-refractivity contribution in [3.05, 3.63) is 73.4 Å². The second kappa shape index (κ2) is 8.33. The predicted molar refractivity (Wildman–Crippen MR) is 121 cm³/mol. The van der Waals surface area contributed by atoms with Crippen molar-refractivity contribution >= 4 is 80.7 Å². The minimum atomic E-state index is -0.427. The molecular formula is C19H10Cl2N2O3S3. The van der Waals surface area contributed by atoms with Gasteiger partial charge in [0.2, 0.25) is 0 Å². The van der Waals surface area contributed by atoms with Crippen LogP contribution in [0.2, 0.25) is 10.0 Å². The van der Waals surface area contributed by atoms with Crippen LogP contribution >= 0.6 is 58.5 Å². The number of thiocarbonyl (C=S) groups is 1. The molecule has 0 aliphatic carbocycles. The number of carbonyl (C=O) groups is 2. The second-order valence-electron chi connectivity index (χ2n) is 5.74. The van der Waals surface area contributed by atoms with Crippen molar-refractivity contribution in [1.82, 2.24) is 10.4 Å². The van der Waals surface area contributed by atoms with Gasteiger partial charge in [0.15, 0.2) is 4.32 Å². The Kier molecular flexibility index (Phi) is 5.80. The molecular weight excluding hydrogens is 471 g/mol. The molecule has 1 aromatic carbocycles. The molecule has 0 atom stereocenters. The molecule has 1 fully saturated rings. The fraction of sp³-hybridized carbons (Fsp3) is 0. The van der Waals surface area contributed by atoms with Gasteiger partial charge in [-0.05, 0) is 47.9 Å². The van der Waals surface area contributed by atoms with E-state index in [0.717, 1.165) is 16.8 Å². The first-order valence-electron chi connectivity index (χ1n) is 8.10. The zero-order valence-electron chi connectivity index (χ0n) is 14.3. The number of nitrogens with zero attached hydrogens (tertiary/aromatic N) is 1. The zero-order chi connectivity index (χ0) is 20.5. The van der Waals surface area contributed by atoms with Gasteiger partial charge in [0.1, 0.15) is 11.5 Å². The van der Waals surface area contributed by atoms with Crippen LogP contribution in [-0.2, 0) is 4.79 Å². The highest BCUT2D eigenvalue weighted by molar-refractivity contribution is 8.26. The molecule has 1 aliphatic rings. The molecule has 29 heavy (non-hydrogen) atoms. The van der Waals surface area contributed by atoms with E-state index >= 15 is 0 Å². The summed E-state index contributed by atoms with van der Waals surface area (Å²) in [6.07, 6.45) is 1.57. The Hall–Kier alpha value is -2.10. The highest BCUT2D eigenvalue weighted by Crippen LogP contribution is 2.36. The largest absolute Gasteiger partial charge is 0.457 e. The van der Waals surface area contributed by atoms with Crippen LogP contribution < -0.4 is 5.43 Å². The van der Waals surface area contributed by atoms with Gasteiger partial charge in [-0.15, -0.1) is 11.3 Å². The van der Waals surface area contributed by atoms with E-state index in [-0.39, 0.29) is 4.32 Å². The lowest BCUT2D eigenvalue weighted by Crippen LogP contribution is -2.44. The highest BCUT2D eigenvalue weighted by Gasteiger charge is 2.34. The number of furan rings is 1. The van der Waals surface area contributed by atoms with E-state index in [0.29, 0.717) is 36.9 Å². The number of benzene rings is 1. The van der Waals surface area contributed by atoms with E-state index in [4.69, 9.17) is 39.8 Å². The normalized spacial score (nSPS) is 15.4. The molecule has 4 rings (SSSR count). The summed E-state index contributed by atoms with van der Waals surface area (Å²) in [6.45, 7) is 0. The van der Waals surface area contributed by atoms with Gasteiger partial charge in [-0.3, -0.25) is 15.0 Å². The monoisotopic (exact) mass is 480 g/mol. The molecule has 3 aromatic rings. The van der Waals surface area contributed by atoms with Crippen molar-refractivity contribution < 1.29 is 14.0 Å². The average molecular weight is 481 g/mol. The van der Waals surface area contributed by atoms with Crippen LogP contribution in [0.5, 0.6) is 0 Å². The SMILES string of the molecule is O=C(NN1C(=O)/C(=C\c2ccc(-c3cccc(Cl)c3Cl)o2)SC1=S)c1cccs1. The summed E-state index contributed by atoms with van der Waals surface area (Å²) in [5.41, 5.74) is 3.18. The maximum atomic E-state index is 12.7. The molecule has 0 bridgehead atoms. The summed E-state index contributed by atoms with van der Waals surface area (Å²) in [6, 6.07) is 12.1. The number of thioether (sulfide) groups is 1. The minimum absolute atomic E-state index is 0.232. The number of nitrogens with one attached hydrogen (secondary N) is 1. The summed E-state index contributed by atoms with van der Waals surface area (Å²) in [7, 11) is 0. The van der Waals surface area contributed by atoms with Crippen LogP contribution in [-0.4, -0.2) is 21.1 Å². The third-order valence-corrected chi connectivity index (χ3v) is 6.86. The third kappa shape index (κ3) is 4.12. The van der Waals surface area contributed by atoms with E-state index in [1.54, 1.807) is 53.9 Å². The molecule has 0 unspecified atom stereocenters. The maximum absolute atomic E-state index is 12.7. The number of rotatable bonds is 4. The van der Waals surface area contributed by atoms with Crippen LogP contribution in [0.25, 0.3) is 17.4 Å². The van der Waals surface area contributed by atoms with Gasteiger partial charge < -0.3 is 4.42 Å². The maximum Gasteiger partial charge on any atom is 0.285 e. The van der Waals surface area contributed by atoms with Crippen LogP contribution in [0.1, 0.15) is 15.4 Å². The number of hydrazine groups is 1. The standard InChI is InChI=1S/C19H10Cl2N2O3S3/c20-12-4-1-3-11(16(12)21)13-7-6-10(26-13)9-15-18(25)23(19(27)29-15)22-17(24)14-5-2-8-28-14/h1-9H,(H,22,24)/b15-9+. The molecule has 0 saturated carbocycles. The van der Waals surface area contributed by atoms with E-state index in [1.807, 2.05) is 0 Å². The van der Waals surface area contributed by atoms with Crippen molar-refractivity contribution in [3.8, 4) is 11.3 Å². The first-order chi connectivity index (χ1) is 13.9. The van der Waals surface area contributed by atoms with Crippen molar-refractivity contribution in [1.29, 1.82) is 0 Å². The smallest absolute Gasteiger partial charge is 0.285 e. The van der Waals surface area contributed by atoms with Crippen LogP contribution in [0.15, 0.2) is 57.2 Å². The summed E-state index contributed by atoms with van der Waals surface area (Å²) in [5.74, 6) is 0.142. The highest BCUT2D eigenvalue weighted by atomic mass is 35.5. The number of amides is 2. The van der Waals surface area contributed by atoms with Crippen molar-refractivity contribution in [2.75, 3.05) is 0 Å². The molecule has 1 aliphatic heterocycles. The summed E-state index contributed by atoms with van der Waals surface area (Å²) < 4.78 is 6.03. The molecule has 2 aromatic heterocycles. The number of thiophene rings is 1. The van der Waals surface area contributed by atoms with Gasteiger partial charge in [-0.1, -0.05) is 47.1 Å². The molecule has 1 saturated heterocycles. The fourth-order valence-electron chi connectivity index (χ4n) is 2.53. The van der Waals surface area contributed by atoms with Gasteiger partial charge >= 0.3 is 0 Å². The molecule has 1 N–H and O–H groups in total. The second-order valence-corrected chi connectivity index (χ2v) is 9.15. The quantitative estimate of drug-likeness (QED) is 0.374. The van der Waals surface area contributed by atoms with Gasteiger partial charge in [-0.25, -0.2) is 0 Å². The number of hydrogen-bond donors (Lipinski definition) is 1. The number of halogens is 2.